The Morgan fingerprint density at radius 2 is 1.95 bits per heavy atom. The highest BCUT2D eigenvalue weighted by Gasteiger charge is 2.32. The highest BCUT2D eigenvalue weighted by molar-refractivity contribution is 7.89. The van der Waals surface area contributed by atoms with Gasteiger partial charge >= 0.3 is 0 Å². The molecule has 4 nitrogen and oxygen atoms in total. The van der Waals surface area contributed by atoms with E-state index in [1.165, 1.54) is 4.31 Å². The Morgan fingerprint density at radius 1 is 1.32 bits per heavy atom. The van der Waals surface area contributed by atoms with Crippen LogP contribution in [0.1, 0.15) is 12.8 Å². The minimum atomic E-state index is -3.64. The zero-order valence-electron chi connectivity index (χ0n) is 10.6. The second kappa shape index (κ2) is 5.97. The number of halogens is 2. The van der Waals surface area contributed by atoms with E-state index in [1.807, 2.05) is 7.05 Å². The van der Waals surface area contributed by atoms with Gasteiger partial charge < -0.3 is 5.32 Å². The van der Waals surface area contributed by atoms with E-state index in [0.29, 0.717) is 13.1 Å². The van der Waals surface area contributed by atoms with Crippen LogP contribution in [0.3, 0.4) is 0 Å². The van der Waals surface area contributed by atoms with Crippen LogP contribution in [-0.4, -0.2) is 38.9 Å². The molecule has 1 N–H and O–H groups in total. The van der Waals surface area contributed by atoms with Gasteiger partial charge in [-0.1, -0.05) is 29.3 Å². The van der Waals surface area contributed by atoms with Gasteiger partial charge in [-0.25, -0.2) is 8.42 Å². The Morgan fingerprint density at radius 3 is 2.53 bits per heavy atom. The lowest BCUT2D eigenvalue weighted by Crippen LogP contribution is -2.46. The van der Waals surface area contributed by atoms with Crippen molar-refractivity contribution in [2.24, 2.45) is 0 Å². The van der Waals surface area contributed by atoms with Crippen LogP contribution in [0.2, 0.25) is 10.0 Å². The molecule has 106 valence electrons. The summed E-state index contributed by atoms with van der Waals surface area (Å²) in [4.78, 5) is 0.00934. The summed E-state index contributed by atoms with van der Waals surface area (Å²) in [5.41, 5.74) is 0. The maximum absolute atomic E-state index is 12.6. The van der Waals surface area contributed by atoms with E-state index in [-0.39, 0.29) is 21.0 Å². The fourth-order valence-corrected chi connectivity index (χ4v) is 4.87. The first-order valence-electron chi connectivity index (χ1n) is 6.08. The van der Waals surface area contributed by atoms with Crippen LogP contribution in [0.15, 0.2) is 23.1 Å². The Labute approximate surface area is 123 Å². The third kappa shape index (κ3) is 3.06. The highest BCUT2D eigenvalue weighted by atomic mass is 35.5. The minimum absolute atomic E-state index is 0.00934. The molecular formula is C12H16Cl2N2O2S. The summed E-state index contributed by atoms with van der Waals surface area (Å²) < 4.78 is 26.7. The molecule has 7 heteroatoms. The van der Waals surface area contributed by atoms with Crippen molar-refractivity contribution in [2.45, 2.75) is 23.8 Å². The molecule has 0 aliphatic carbocycles. The normalized spacial score (nSPS) is 21.5. The molecule has 1 heterocycles. The summed E-state index contributed by atoms with van der Waals surface area (Å²) >= 11 is 12.0. The first-order valence-corrected chi connectivity index (χ1v) is 8.28. The smallest absolute Gasteiger partial charge is 0.246 e. The van der Waals surface area contributed by atoms with Gasteiger partial charge in [-0.3, -0.25) is 0 Å². The average Bonchev–Trinajstić information content (AvgIpc) is 2.38. The van der Waals surface area contributed by atoms with Gasteiger partial charge in [0.2, 0.25) is 10.0 Å². The second-order valence-electron chi connectivity index (χ2n) is 4.54. The summed E-state index contributed by atoms with van der Waals surface area (Å²) in [6, 6.07) is 4.89. The van der Waals surface area contributed by atoms with Crippen LogP contribution >= 0.6 is 23.2 Å². The molecule has 0 radical (unpaired) electrons. The molecule has 0 unspecified atom stereocenters. The van der Waals surface area contributed by atoms with Gasteiger partial charge in [0.15, 0.2) is 0 Å². The van der Waals surface area contributed by atoms with E-state index in [9.17, 15) is 8.42 Å². The van der Waals surface area contributed by atoms with Crippen molar-refractivity contribution in [3.8, 4) is 0 Å². The predicted octanol–water partition coefficient (Wildman–Crippen LogP) is 2.37. The maximum Gasteiger partial charge on any atom is 0.246 e. The Bertz CT molecular complexity index is 543. The van der Waals surface area contributed by atoms with Gasteiger partial charge in [0.25, 0.3) is 0 Å². The summed E-state index contributed by atoms with van der Waals surface area (Å²) in [5.74, 6) is 0. The molecule has 1 aromatic rings. The average molecular weight is 323 g/mol. The molecule has 1 atom stereocenters. The van der Waals surface area contributed by atoms with Crippen molar-refractivity contribution < 1.29 is 8.42 Å². The summed E-state index contributed by atoms with van der Waals surface area (Å²) in [6.45, 7) is 0.947. The zero-order valence-corrected chi connectivity index (χ0v) is 12.9. The number of nitrogens with zero attached hydrogens (tertiary/aromatic N) is 1. The van der Waals surface area contributed by atoms with Crippen molar-refractivity contribution in [3.63, 3.8) is 0 Å². The Balaban J connectivity index is 2.37. The number of piperidine rings is 1. The molecule has 0 spiro atoms. The maximum atomic E-state index is 12.6. The molecule has 1 aliphatic heterocycles. The van der Waals surface area contributed by atoms with Gasteiger partial charge in [0, 0.05) is 19.1 Å². The van der Waals surface area contributed by atoms with Crippen LogP contribution in [0.25, 0.3) is 0 Å². The molecular weight excluding hydrogens is 307 g/mol. The lowest BCUT2D eigenvalue weighted by atomic mass is 10.1. The standard InChI is InChI=1S/C12H16Cl2N2O2S/c1-15-9-4-3-7-16(8-9)19(17,18)12-10(13)5-2-6-11(12)14/h2,5-6,9,15H,3-4,7-8H2,1H3/t9-/m0/s1. The van der Waals surface area contributed by atoms with Crippen LogP contribution in [0, 0.1) is 0 Å². The first kappa shape index (κ1) is 15.1. The summed E-state index contributed by atoms with van der Waals surface area (Å²) in [6.07, 6.45) is 1.80. The Kier molecular flexibility index (Phi) is 4.74. The third-order valence-electron chi connectivity index (χ3n) is 3.31. The number of likely N-dealkylation sites (N-methyl/N-ethyl adjacent to an activating group) is 1. The number of nitrogens with one attached hydrogen (secondary N) is 1. The molecule has 1 aliphatic rings. The quantitative estimate of drug-likeness (QED) is 0.929. The van der Waals surface area contributed by atoms with Gasteiger partial charge in [0.1, 0.15) is 4.90 Å². The van der Waals surface area contributed by atoms with E-state index >= 15 is 0 Å². The fraction of sp³-hybridized carbons (Fsp3) is 0.500. The third-order valence-corrected chi connectivity index (χ3v) is 6.13. The minimum Gasteiger partial charge on any atom is -0.316 e. The van der Waals surface area contributed by atoms with Gasteiger partial charge in [-0.15, -0.1) is 0 Å². The Hall–Kier alpha value is -0.330. The van der Waals surface area contributed by atoms with Gasteiger partial charge in [0.05, 0.1) is 10.0 Å². The van der Waals surface area contributed by atoms with E-state index in [0.717, 1.165) is 12.8 Å². The van der Waals surface area contributed by atoms with Crippen LogP contribution in [0.5, 0.6) is 0 Å². The molecule has 1 fully saturated rings. The topological polar surface area (TPSA) is 49.4 Å². The van der Waals surface area contributed by atoms with E-state index in [2.05, 4.69) is 5.32 Å². The number of sulfonamides is 1. The monoisotopic (exact) mass is 322 g/mol. The van der Waals surface area contributed by atoms with Crippen LogP contribution in [0.4, 0.5) is 0 Å². The molecule has 0 aromatic heterocycles. The van der Waals surface area contributed by atoms with E-state index in [1.54, 1.807) is 18.2 Å². The molecule has 0 bridgehead atoms. The predicted molar refractivity (Wildman–Crippen MR) is 77.3 cm³/mol. The van der Waals surface area contributed by atoms with Crippen molar-refractivity contribution in [2.75, 3.05) is 20.1 Å². The first-order chi connectivity index (χ1) is 8.96. The molecule has 19 heavy (non-hydrogen) atoms. The molecule has 1 saturated heterocycles. The summed E-state index contributed by atoms with van der Waals surface area (Å²) in [5, 5.41) is 3.45. The number of rotatable bonds is 3. The number of hydrogen-bond acceptors (Lipinski definition) is 3. The van der Waals surface area contributed by atoms with Gasteiger partial charge in [-0.05, 0) is 32.0 Å². The largest absolute Gasteiger partial charge is 0.316 e. The molecule has 2 rings (SSSR count). The number of benzene rings is 1. The fourth-order valence-electron chi connectivity index (χ4n) is 2.25. The van der Waals surface area contributed by atoms with Crippen molar-refractivity contribution >= 4 is 33.2 Å². The van der Waals surface area contributed by atoms with E-state index in [4.69, 9.17) is 23.2 Å². The number of hydrogen-bond donors (Lipinski definition) is 1. The summed E-state index contributed by atoms with van der Waals surface area (Å²) in [7, 11) is -1.80. The van der Waals surface area contributed by atoms with Gasteiger partial charge in [-0.2, -0.15) is 4.31 Å². The molecule has 0 amide bonds. The van der Waals surface area contributed by atoms with Crippen LogP contribution in [-0.2, 0) is 10.0 Å². The molecule has 1 aromatic carbocycles. The SMILES string of the molecule is CN[C@H]1CCCN(S(=O)(=O)c2c(Cl)cccc2Cl)C1. The van der Waals surface area contributed by atoms with Crippen molar-refractivity contribution in [1.29, 1.82) is 0 Å². The lowest BCUT2D eigenvalue weighted by molar-refractivity contribution is 0.293. The van der Waals surface area contributed by atoms with Crippen LogP contribution < -0.4 is 5.32 Å². The highest BCUT2D eigenvalue weighted by Crippen LogP contribution is 2.32. The molecule has 0 saturated carbocycles. The zero-order chi connectivity index (χ0) is 14.0. The lowest BCUT2D eigenvalue weighted by Gasteiger charge is -2.32. The van der Waals surface area contributed by atoms with Crippen molar-refractivity contribution in [3.05, 3.63) is 28.2 Å². The second-order valence-corrected chi connectivity index (χ2v) is 7.23. The van der Waals surface area contributed by atoms with E-state index < -0.39 is 10.0 Å². The van der Waals surface area contributed by atoms with Crippen molar-refractivity contribution in [1.82, 2.24) is 9.62 Å².